The summed E-state index contributed by atoms with van der Waals surface area (Å²) in [6.07, 6.45) is 0.731. The molecule has 0 spiro atoms. The van der Waals surface area contributed by atoms with E-state index >= 15 is 0 Å². The van der Waals surface area contributed by atoms with Gasteiger partial charge in [0.25, 0.3) is 0 Å². The van der Waals surface area contributed by atoms with Gasteiger partial charge in [0, 0.05) is 12.6 Å². The minimum Gasteiger partial charge on any atom is -0.489 e. The lowest BCUT2D eigenvalue weighted by Gasteiger charge is -2.22. The van der Waals surface area contributed by atoms with Crippen LogP contribution in [0.1, 0.15) is 32.8 Å². The van der Waals surface area contributed by atoms with Crippen LogP contribution in [0.5, 0.6) is 5.75 Å². The van der Waals surface area contributed by atoms with Crippen molar-refractivity contribution in [2.75, 3.05) is 13.2 Å². The molecule has 0 fully saturated rings. The molecule has 0 saturated heterocycles. The fourth-order valence-electron chi connectivity index (χ4n) is 1.92. The third-order valence-electron chi connectivity index (χ3n) is 3.74. The van der Waals surface area contributed by atoms with Crippen molar-refractivity contribution in [1.82, 2.24) is 10.6 Å². The third kappa shape index (κ3) is 6.35. The predicted octanol–water partition coefficient (Wildman–Crippen LogP) is 2.47. The molecule has 22 heavy (non-hydrogen) atoms. The molecular formula is C17H28N2O3. The first-order valence-electron chi connectivity index (χ1n) is 7.84. The summed E-state index contributed by atoms with van der Waals surface area (Å²) < 4.78 is 5.89. The average molecular weight is 308 g/mol. The van der Waals surface area contributed by atoms with E-state index in [1.807, 2.05) is 52.0 Å². The first-order chi connectivity index (χ1) is 10.5. The number of benzene rings is 1. The predicted molar refractivity (Wildman–Crippen MR) is 88.1 cm³/mol. The molecule has 5 heteroatoms. The Balaban J connectivity index is 2.41. The van der Waals surface area contributed by atoms with Gasteiger partial charge in [0.15, 0.2) is 0 Å². The van der Waals surface area contributed by atoms with Crippen molar-refractivity contribution in [1.29, 1.82) is 0 Å². The lowest BCUT2D eigenvalue weighted by molar-refractivity contribution is 0.182. The number of ether oxygens (including phenoxy) is 1. The van der Waals surface area contributed by atoms with Crippen LogP contribution in [-0.2, 0) is 0 Å². The molecule has 3 atom stereocenters. The maximum absolute atomic E-state index is 11.8. The SMILES string of the molecule is CCC(CNC(=O)NC(C)C(C)CO)Oc1cccc(C)c1. The van der Waals surface area contributed by atoms with E-state index in [0.717, 1.165) is 17.7 Å². The molecular weight excluding hydrogens is 280 g/mol. The summed E-state index contributed by atoms with van der Waals surface area (Å²) >= 11 is 0. The van der Waals surface area contributed by atoms with Gasteiger partial charge in [0.2, 0.25) is 0 Å². The monoisotopic (exact) mass is 308 g/mol. The van der Waals surface area contributed by atoms with Crippen molar-refractivity contribution in [3.63, 3.8) is 0 Å². The fraction of sp³-hybridized carbons (Fsp3) is 0.588. The first-order valence-corrected chi connectivity index (χ1v) is 7.84. The van der Waals surface area contributed by atoms with Gasteiger partial charge in [0.1, 0.15) is 11.9 Å². The summed E-state index contributed by atoms with van der Waals surface area (Å²) in [7, 11) is 0. The quantitative estimate of drug-likeness (QED) is 0.691. The highest BCUT2D eigenvalue weighted by Gasteiger charge is 2.15. The van der Waals surface area contributed by atoms with E-state index in [9.17, 15) is 4.79 Å². The third-order valence-corrected chi connectivity index (χ3v) is 3.74. The Bertz CT molecular complexity index is 465. The van der Waals surface area contributed by atoms with Crippen LogP contribution < -0.4 is 15.4 Å². The van der Waals surface area contributed by atoms with Crippen molar-refractivity contribution >= 4 is 6.03 Å². The topological polar surface area (TPSA) is 70.6 Å². The Labute approximate surface area is 133 Å². The number of amides is 2. The molecule has 1 rings (SSSR count). The van der Waals surface area contributed by atoms with Crippen LogP contribution in [0.25, 0.3) is 0 Å². The number of aryl methyl sites for hydroxylation is 1. The lowest BCUT2D eigenvalue weighted by Crippen LogP contribution is -2.46. The van der Waals surface area contributed by atoms with Crippen LogP contribution in [0.15, 0.2) is 24.3 Å². The number of hydrogen-bond donors (Lipinski definition) is 3. The molecule has 0 bridgehead atoms. The summed E-state index contributed by atoms with van der Waals surface area (Å²) in [6, 6.07) is 7.55. The molecule has 0 radical (unpaired) electrons. The van der Waals surface area contributed by atoms with Gasteiger partial charge < -0.3 is 20.5 Å². The Morgan fingerprint density at radius 2 is 2.09 bits per heavy atom. The number of carbonyl (C=O) groups is 1. The maximum atomic E-state index is 11.8. The zero-order chi connectivity index (χ0) is 16.5. The first kappa shape index (κ1) is 18.3. The van der Waals surface area contributed by atoms with Gasteiger partial charge in [-0.1, -0.05) is 26.0 Å². The molecule has 0 aromatic heterocycles. The van der Waals surface area contributed by atoms with E-state index in [2.05, 4.69) is 10.6 Å². The van der Waals surface area contributed by atoms with Gasteiger partial charge in [0.05, 0.1) is 6.54 Å². The highest BCUT2D eigenvalue weighted by atomic mass is 16.5. The highest BCUT2D eigenvalue weighted by Crippen LogP contribution is 2.15. The molecule has 3 N–H and O–H groups in total. The Morgan fingerprint density at radius 1 is 1.36 bits per heavy atom. The summed E-state index contributed by atoms with van der Waals surface area (Å²) in [4.78, 5) is 11.8. The lowest BCUT2D eigenvalue weighted by atomic mass is 10.1. The van der Waals surface area contributed by atoms with Crippen molar-refractivity contribution < 1.29 is 14.6 Å². The van der Waals surface area contributed by atoms with Crippen LogP contribution in [0.3, 0.4) is 0 Å². The molecule has 0 aliphatic carbocycles. The van der Waals surface area contributed by atoms with Gasteiger partial charge in [-0.05, 0) is 43.9 Å². The van der Waals surface area contributed by atoms with E-state index in [1.54, 1.807) is 0 Å². The molecule has 124 valence electrons. The zero-order valence-corrected chi connectivity index (χ0v) is 13.9. The molecule has 0 aliphatic heterocycles. The standard InChI is InChI=1S/C17H28N2O3/c1-5-15(22-16-8-6-7-12(2)9-16)10-18-17(21)19-14(4)13(3)11-20/h6-9,13-15,20H,5,10-11H2,1-4H3,(H2,18,19,21). The molecule has 2 amide bonds. The zero-order valence-electron chi connectivity index (χ0n) is 13.9. The van der Waals surface area contributed by atoms with Crippen LogP contribution in [0.4, 0.5) is 4.79 Å². The minimum absolute atomic E-state index is 0.0243. The van der Waals surface area contributed by atoms with E-state index in [4.69, 9.17) is 9.84 Å². The molecule has 1 aromatic carbocycles. The van der Waals surface area contributed by atoms with Crippen LogP contribution in [0, 0.1) is 12.8 Å². The second kappa shape index (κ2) is 9.30. The Morgan fingerprint density at radius 3 is 2.68 bits per heavy atom. The number of aliphatic hydroxyl groups is 1. The second-order valence-electron chi connectivity index (χ2n) is 5.77. The smallest absolute Gasteiger partial charge is 0.315 e. The van der Waals surface area contributed by atoms with Gasteiger partial charge in [-0.2, -0.15) is 0 Å². The van der Waals surface area contributed by atoms with Crippen molar-refractivity contribution in [3.05, 3.63) is 29.8 Å². The van der Waals surface area contributed by atoms with E-state index in [1.165, 1.54) is 0 Å². The van der Waals surface area contributed by atoms with Gasteiger partial charge >= 0.3 is 6.03 Å². The number of aliphatic hydroxyl groups excluding tert-OH is 1. The van der Waals surface area contributed by atoms with Gasteiger partial charge in [-0.25, -0.2) is 4.79 Å². The Kier molecular flexibility index (Phi) is 7.74. The van der Waals surface area contributed by atoms with Crippen molar-refractivity contribution in [2.45, 2.75) is 46.3 Å². The van der Waals surface area contributed by atoms with Crippen LogP contribution in [0.2, 0.25) is 0 Å². The van der Waals surface area contributed by atoms with Gasteiger partial charge in [-0.3, -0.25) is 0 Å². The number of hydrogen-bond acceptors (Lipinski definition) is 3. The molecule has 3 unspecified atom stereocenters. The normalized spacial score (nSPS) is 14.8. The van der Waals surface area contributed by atoms with Crippen LogP contribution in [-0.4, -0.2) is 36.4 Å². The fourth-order valence-corrected chi connectivity index (χ4v) is 1.92. The highest BCUT2D eigenvalue weighted by molar-refractivity contribution is 5.74. The van der Waals surface area contributed by atoms with Crippen molar-refractivity contribution in [3.8, 4) is 5.75 Å². The summed E-state index contributed by atoms with van der Waals surface area (Å²) in [5, 5.41) is 14.7. The minimum atomic E-state index is -0.237. The van der Waals surface area contributed by atoms with E-state index in [-0.39, 0.29) is 30.7 Å². The second-order valence-corrected chi connectivity index (χ2v) is 5.77. The average Bonchev–Trinajstić information content (AvgIpc) is 2.50. The summed E-state index contributed by atoms with van der Waals surface area (Å²) in [5.41, 5.74) is 1.14. The Hall–Kier alpha value is -1.75. The molecule has 0 heterocycles. The van der Waals surface area contributed by atoms with Crippen molar-refractivity contribution in [2.24, 2.45) is 5.92 Å². The van der Waals surface area contributed by atoms with Crippen LogP contribution >= 0.6 is 0 Å². The number of urea groups is 1. The number of nitrogens with one attached hydrogen (secondary N) is 2. The molecule has 5 nitrogen and oxygen atoms in total. The maximum Gasteiger partial charge on any atom is 0.315 e. The molecule has 0 aliphatic rings. The summed E-state index contributed by atoms with van der Waals surface area (Å²) in [5.74, 6) is 0.840. The summed E-state index contributed by atoms with van der Waals surface area (Å²) in [6.45, 7) is 8.30. The largest absolute Gasteiger partial charge is 0.489 e. The van der Waals surface area contributed by atoms with E-state index in [0.29, 0.717) is 6.54 Å². The molecule has 1 aromatic rings. The van der Waals surface area contributed by atoms with E-state index < -0.39 is 0 Å². The number of rotatable bonds is 8. The van der Waals surface area contributed by atoms with Gasteiger partial charge in [-0.15, -0.1) is 0 Å². The number of carbonyl (C=O) groups excluding carboxylic acids is 1. The molecule has 0 saturated carbocycles.